The topological polar surface area (TPSA) is 52.7 Å². The third-order valence-electron chi connectivity index (χ3n) is 2.85. The molecule has 0 saturated carbocycles. The van der Waals surface area contributed by atoms with Gasteiger partial charge < -0.3 is 0 Å². The van der Waals surface area contributed by atoms with Gasteiger partial charge in [-0.25, -0.2) is 18.0 Å². The lowest BCUT2D eigenvalue weighted by molar-refractivity contribution is 1.09. The Labute approximate surface area is 134 Å². The normalized spacial score (nSPS) is 11.2. The molecule has 0 bridgehead atoms. The molecule has 0 amide bonds. The van der Waals surface area contributed by atoms with Crippen molar-refractivity contribution in [1.29, 1.82) is 0 Å². The number of benzene rings is 1. The standard InChI is InChI=1S/C13H10Cl2N4OS/c1-2-21-19-10(8-6-4-3-5-7-8)17-11-9(12(19)20)16-13(14)18(11)15/h3-7H,2H2,1H3. The number of fused-ring (bicyclic) bond motifs is 1. The fraction of sp³-hybridized carbons (Fsp3) is 0.154. The van der Waals surface area contributed by atoms with Crippen LogP contribution < -0.4 is 5.56 Å². The fourth-order valence-electron chi connectivity index (χ4n) is 1.96. The van der Waals surface area contributed by atoms with Gasteiger partial charge in [0.1, 0.15) is 0 Å². The molecule has 5 nitrogen and oxygen atoms in total. The van der Waals surface area contributed by atoms with Crippen molar-refractivity contribution in [3.05, 3.63) is 46.0 Å². The Balaban J connectivity index is 2.39. The molecule has 3 aromatic rings. The van der Waals surface area contributed by atoms with Gasteiger partial charge in [-0.1, -0.05) is 37.3 Å². The average molecular weight is 341 g/mol. The summed E-state index contributed by atoms with van der Waals surface area (Å²) >= 11 is 13.2. The summed E-state index contributed by atoms with van der Waals surface area (Å²) in [5.74, 6) is 1.25. The van der Waals surface area contributed by atoms with Crippen LogP contribution in [0.2, 0.25) is 5.28 Å². The molecular formula is C13H10Cl2N4OS. The number of hydrogen-bond acceptors (Lipinski definition) is 4. The predicted molar refractivity (Wildman–Crippen MR) is 87.0 cm³/mol. The first-order valence-corrected chi connectivity index (χ1v) is 7.85. The molecule has 0 aliphatic rings. The largest absolute Gasteiger partial charge is 0.292 e. The van der Waals surface area contributed by atoms with Crippen LogP contribution in [0, 0.1) is 0 Å². The zero-order chi connectivity index (χ0) is 15.0. The SMILES string of the molecule is CCSn1c(-c2ccccc2)nc2c(nc(Cl)n2Cl)c1=O. The lowest BCUT2D eigenvalue weighted by Crippen LogP contribution is -2.19. The van der Waals surface area contributed by atoms with Crippen LogP contribution in [0.1, 0.15) is 6.92 Å². The van der Waals surface area contributed by atoms with E-state index in [2.05, 4.69) is 9.97 Å². The summed E-state index contributed by atoms with van der Waals surface area (Å²) in [6.45, 7) is 1.96. The second kappa shape index (κ2) is 5.71. The molecule has 2 aromatic heterocycles. The zero-order valence-electron chi connectivity index (χ0n) is 11.0. The van der Waals surface area contributed by atoms with Gasteiger partial charge in [-0.15, -0.1) is 0 Å². The highest BCUT2D eigenvalue weighted by atomic mass is 35.5. The number of nitrogens with zero attached hydrogens (tertiary/aromatic N) is 4. The second-order valence-corrected chi connectivity index (χ2v) is 6.03. The lowest BCUT2D eigenvalue weighted by Gasteiger charge is -2.10. The van der Waals surface area contributed by atoms with Crippen molar-refractivity contribution < 1.29 is 0 Å². The molecule has 21 heavy (non-hydrogen) atoms. The molecule has 0 N–H and O–H groups in total. The summed E-state index contributed by atoms with van der Waals surface area (Å²) in [7, 11) is 0. The maximum atomic E-state index is 12.6. The Morgan fingerprint density at radius 2 is 1.95 bits per heavy atom. The molecular weight excluding hydrogens is 331 g/mol. The molecule has 8 heteroatoms. The van der Waals surface area contributed by atoms with Crippen molar-refractivity contribution in [2.24, 2.45) is 0 Å². The van der Waals surface area contributed by atoms with Crippen molar-refractivity contribution in [2.45, 2.75) is 6.92 Å². The highest BCUT2D eigenvalue weighted by Crippen LogP contribution is 2.24. The van der Waals surface area contributed by atoms with Gasteiger partial charge in [-0.3, -0.25) is 4.79 Å². The third-order valence-corrected chi connectivity index (χ3v) is 4.36. The number of halogens is 2. The monoisotopic (exact) mass is 340 g/mol. The minimum absolute atomic E-state index is 0.0227. The first kappa shape index (κ1) is 14.4. The van der Waals surface area contributed by atoms with E-state index >= 15 is 0 Å². The van der Waals surface area contributed by atoms with Crippen LogP contribution in [0.5, 0.6) is 0 Å². The molecule has 2 heterocycles. The highest BCUT2D eigenvalue weighted by Gasteiger charge is 2.18. The number of hydrogen-bond donors (Lipinski definition) is 0. The number of aromatic nitrogens is 4. The van der Waals surface area contributed by atoms with Crippen LogP contribution in [-0.2, 0) is 0 Å². The third kappa shape index (κ3) is 2.43. The smallest absolute Gasteiger partial charge is 0.266 e. The van der Waals surface area contributed by atoms with Crippen molar-refractivity contribution in [2.75, 3.05) is 5.75 Å². The lowest BCUT2D eigenvalue weighted by atomic mass is 10.2. The molecule has 0 saturated heterocycles. The van der Waals surface area contributed by atoms with Crippen LogP contribution in [0.4, 0.5) is 0 Å². The molecule has 3 rings (SSSR count). The molecule has 0 aliphatic carbocycles. The summed E-state index contributed by atoms with van der Waals surface area (Å²) in [6, 6.07) is 9.45. The Morgan fingerprint density at radius 1 is 1.24 bits per heavy atom. The van der Waals surface area contributed by atoms with Gasteiger partial charge in [0, 0.05) is 23.1 Å². The van der Waals surface area contributed by atoms with Gasteiger partial charge in [0.05, 0.1) is 0 Å². The van der Waals surface area contributed by atoms with E-state index in [-0.39, 0.29) is 22.0 Å². The summed E-state index contributed by atoms with van der Waals surface area (Å²) in [6.07, 6.45) is 0. The highest BCUT2D eigenvalue weighted by molar-refractivity contribution is 7.97. The zero-order valence-corrected chi connectivity index (χ0v) is 13.3. The van der Waals surface area contributed by atoms with Crippen LogP contribution in [0.15, 0.2) is 35.1 Å². The van der Waals surface area contributed by atoms with Crippen molar-refractivity contribution in [3.63, 3.8) is 0 Å². The fourth-order valence-corrected chi connectivity index (χ4v) is 3.01. The molecule has 0 unspecified atom stereocenters. The average Bonchev–Trinajstić information content (AvgIpc) is 2.79. The summed E-state index contributed by atoms with van der Waals surface area (Å²) in [5.41, 5.74) is 0.979. The Hall–Kier alpha value is -1.50. The van der Waals surface area contributed by atoms with Gasteiger partial charge in [-0.2, -0.15) is 0 Å². The first-order chi connectivity index (χ1) is 10.1. The first-order valence-electron chi connectivity index (χ1n) is 6.19. The van der Waals surface area contributed by atoms with Gasteiger partial charge in [0.25, 0.3) is 5.56 Å². The van der Waals surface area contributed by atoms with Crippen LogP contribution in [0.3, 0.4) is 0 Å². The van der Waals surface area contributed by atoms with E-state index in [9.17, 15) is 4.79 Å². The Bertz CT molecular complexity index is 860. The van der Waals surface area contributed by atoms with Gasteiger partial charge in [0.2, 0.25) is 5.28 Å². The quantitative estimate of drug-likeness (QED) is 0.685. The van der Waals surface area contributed by atoms with E-state index in [1.165, 1.54) is 15.9 Å². The van der Waals surface area contributed by atoms with Crippen LogP contribution >= 0.6 is 35.3 Å². The minimum atomic E-state index is -0.271. The minimum Gasteiger partial charge on any atom is -0.266 e. The van der Waals surface area contributed by atoms with Crippen molar-refractivity contribution in [3.8, 4) is 11.4 Å². The Kier molecular flexibility index (Phi) is 3.93. The summed E-state index contributed by atoms with van der Waals surface area (Å²) in [5, 5.41) is 0.0227. The van der Waals surface area contributed by atoms with E-state index in [0.29, 0.717) is 5.82 Å². The molecule has 0 fully saturated rings. The summed E-state index contributed by atoms with van der Waals surface area (Å²) in [4.78, 5) is 21.0. The Morgan fingerprint density at radius 3 is 2.62 bits per heavy atom. The van der Waals surface area contributed by atoms with Crippen LogP contribution in [-0.4, -0.2) is 23.8 Å². The van der Waals surface area contributed by atoms with E-state index < -0.39 is 0 Å². The molecule has 0 spiro atoms. The van der Waals surface area contributed by atoms with E-state index in [1.807, 2.05) is 37.3 Å². The number of imidazole rings is 1. The molecule has 108 valence electrons. The molecule has 1 aromatic carbocycles. The van der Waals surface area contributed by atoms with E-state index in [1.54, 1.807) is 0 Å². The second-order valence-electron chi connectivity index (χ2n) is 4.15. The maximum absolute atomic E-state index is 12.6. The van der Waals surface area contributed by atoms with Crippen molar-refractivity contribution >= 4 is 46.5 Å². The molecule has 0 atom stereocenters. The van der Waals surface area contributed by atoms with E-state index in [0.717, 1.165) is 15.4 Å². The van der Waals surface area contributed by atoms with Gasteiger partial charge >= 0.3 is 0 Å². The van der Waals surface area contributed by atoms with Crippen LogP contribution in [0.25, 0.3) is 22.6 Å². The molecule has 0 aliphatic heterocycles. The van der Waals surface area contributed by atoms with Gasteiger partial charge in [0.15, 0.2) is 17.0 Å². The predicted octanol–water partition coefficient (Wildman–Crippen LogP) is 3.43. The van der Waals surface area contributed by atoms with E-state index in [4.69, 9.17) is 23.4 Å². The maximum Gasteiger partial charge on any atom is 0.292 e. The molecule has 0 radical (unpaired) electrons. The number of rotatable bonds is 3. The van der Waals surface area contributed by atoms with Crippen molar-refractivity contribution in [1.82, 2.24) is 18.0 Å². The van der Waals surface area contributed by atoms with Gasteiger partial charge in [-0.05, 0) is 23.5 Å². The summed E-state index contributed by atoms with van der Waals surface area (Å²) < 4.78 is 2.61.